The van der Waals surface area contributed by atoms with Crippen molar-refractivity contribution < 1.29 is 19.4 Å². The summed E-state index contributed by atoms with van der Waals surface area (Å²) in [6.45, 7) is 1.000. The van der Waals surface area contributed by atoms with E-state index in [0.29, 0.717) is 29.7 Å². The zero-order valence-electron chi connectivity index (χ0n) is 15.5. The van der Waals surface area contributed by atoms with E-state index in [1.165, 1.54) is 28.5 Å². The number of aromatic nitrogens is 2. The number of thiazole rings is 1. The number of benzene rings is 1. The number of hydrogen-bond donors (Lipinski definition) is 1. The van der Waals surface area contributed by atoms with Crippen LogP contribution in [0.4, 0.5) is 0 Å². The molecule has 1 aliphatic heterocycles. The molecule has 7 nitrogen and oxygen atoms in total. The van der Waals surface area contributed by atoms with Gasteiger partial charge in [-0.3, -0.25) is 9.78 Å². The number of carbonyl (C=O) groups is 2. The summed E-state index contributed by atoms with van der Waals surface area (Å²) in [4.78, 5) is 33.5. The van der Waals surface area contributed by atoms with Crippen molar-refractivity contribution in [1.82, 2.24) is 14.9 Å². The lowest BCUT2D eigenvalue weighted by Gasteiger charge is -2.24. The minimum Gasteiger partial charge on any atom is -0.489 e. The van der Waals surface area contributed by atoms with Crippen LogP contribution < -0.4 is 4.74 Å². The van der Waals surface area contributed by atoms with Crippen molar-refractivity contribution in [3.63, 3.8) is 0 Å². The number of ether oxygens (including phenoxy) is 1. The van der Waals surface area contributed by atoms with E-state index < -0.39 is 5.97 Å². The number of nitrogens with zero attached hydrogens (tertiary/aromatic N) is 3. The number of hydrogen-bond acceptors (Lipinski definition) is 7. The highest BCUT2D eigenvalue weighted by molar-refractivity contribution is 8.01. The van der Waals surface area contributed by atoms with Gasteiger partial charge in [0.2, 0.25) is 5.91 Å². The number of aromatic carboxylic acids is 1. The number of pyridine rings is 1. The van der Waals surface area contributed by atoms with Gasteiger partial charge in [0.1, 0.15) is 17.9 Å². The van der Waals surface area contributed by atoms with E-state index >= 15 is 0 Å². The Morgan fingerprint density at radius 3 is 3.03 bits per heavy atom. The number of carboxylic acids is 1. The lowest BCUT2D eigenvalue weighted by molar-refractivity contribution is -0.129. The molecule has 1 amide bonds. The summed E-state index contributed by atoms with van der Waals surface area (Å²) in [7, 11) is 0. The van der Waals surface area contributed by atoms with Crippen molar-refractivity contribution in [2.45, 2.75) is 23.2 Å². The Morgan fingerprint density at radius 1 is 1.34 bits per heavy atom. The molecule has 1 atom stereocenters. The van der Waals surface area contributed by atoms with Gasteiger partial charge in [0.25, 0.3) is 0 Å². The van der Waals surface area contributed by atoms with Gasteiger partial charge >= 0.3 is 5.97 Å². The predicted octanol–water partition coefficient (Wildman–Crippen LogP) is 3.55. The maximum absolute atomic E-state index is 12.3. The van der Waals surface area contributed by atoms with E-state index in [0.717, 1.165) is 23.1 Å². The molecule has 9 heteroatoms. The molecule has 1 aromatic carbocycles. The topological polar surface area (TPSA) is 92.6 Å². The molecular formula is C20H19N3O4S2. The Bertz CT molecular complexity index is 1030. The fraction of sp³-hybridized carbons (Fsp3) is 0.300. The average molecular weight is 430 g/mol. The van der Waals surface area contributed by atoms with Crippen LogP contribution in [0.15, 0.2) is 46.2 Å². The van der Waals surface area contributed by atoms with Crippen molar-refractivity contribution in [3.8, 4) is 5.75 Å². The molecule has 1 N–H and O–H groups in total. The second kappa shape index (κ2) is 8.79. The minimum atomic E-state index is -1.03. The number of likely N-dealkylation sites (tertiary alicyclic amines) is 1. The Hall–Kier alpha value is -2.65. The summed E-state index contributed by atoms with van der Waals surface area (Å²) in [5.41, 5.74) is 0.879. The largest absolute Gasteiger partial charge is 0.489 e. The number of rotatable bonds is 8. The van der Waals surface area contributed by atoms with Gasteiger partial charge in [0.05, 0.1) is 6.04 Å². The number of carboxylic acid groups (broad SMARTS) is 1. The number of carbonyl (C=O) groups excluding carboxylic acids is 1. The molecule has 1 saturated heterocycles. The van der Waals surface area contributed by atoms with Crippen molar-refractivity contribution in [2.24, 2.45) is 0 Å². The zero-order chi connectivity index (χ0) is 20.2. The fourth-order valence-corrected chi connectivity index (χ4v) is 5.11. The molecule has 3 heterocycles. The van der Waals surface area contributed by atoms with E-state index in [9.17, 15) is 9.59 Å². The van der Waals surface area contributed by atoms with E-state index in [1.54, 1.807) is 6.20 Å². The molecule has 3 aromatic rings. The molecule has 0 unspecified atom stereocenters. The quantitative estimate of drug-likeness (QED) is 0.547. The van der Waals surface area contributed by atoms with Crippen LogP contribution in [0.2, 0.25) is 0 Å². The molecule has 4 rings (SSSR count). The van der Waals surface area contributed by atoms with Gasteiger partial charge in [0.15, 0.2) is 10.0 Å². The number of para-hydroxylation sites is 1. The first-order chi connectivity index (χ1) is 14.1. The maximum Gasteiger partial charge on any atom is 0.355 e. The standard InChI is InChI=1S/C20H19N3O4S2/c24-17-7-6-14(11-27-16-5-1-3-13-4-2-8-21-18(13)16)23(17)9-10-28-20-22-15(12-29-20)19(25)26/h1-5,8,12,14H,6-7,9-11H2,(H,25,26)/t14-/m1/s1. The van der Waals surface area contributed by atoms with Crippen LogP contribution in [0.1, 0.15) is 23.3 Å². The van der Waals surface area contributed by atoms with Crippen LogP contribution in [-0.4, -0.2) is 56.8 Å². The highest BCUT2D eigenvalue weighted by Crippen LogP contribution is 2.27. The maximum atomic E-state index is 12.3. The number of fused-ring (bicyclic) bond motifs is 1. The Kier molecular flexibility index (Phi) is 5.96. The molecule has 1 fully saturated rings. The average Bonchev–Trinajstić information content (AvgIpc) is 3.34. The first-order valence-electron chi connectivity index (χ1n) is 9.19. The van der Waals surface area contributed by atoms with Crippen molar-refractivity contribution in [3.05, 3.63) is 47.6 Å². The second-order valence-corrected chi connectivity index (χ2v) is 8.77. The van der Waals surface area contributed by atoms with Crippen LogP contribution in [0, 0.1) is 0 Å². The molecular weight excluding hydrogens is 410 g/mol. The summed E-state index contributed by atoms with van der Waals surface area (Å²) in [6, 6.07) is 9.73. The fourth-order valence-electron chi connectivity index (χ4n) is 3.31. The van der Waals surface area contributed by atoms with Crippen molar-refractivity contribution >= 4 is 45.9 Å². The van der Waals surface area contributed by atoms with Gasteiger partial charge in [-0.15, -0.1) is 11.3 Å². The predicted molar refractivity (Wildman–Crippen MR) is 112 cm³/mol. The molecule has 0 spiro atoms. The van der Waals surface area contributed by atoms with Gasteiger partial charge in [-0.1, -0.05) is 30.0 Å². The van der Waals surface area contributed by atoms with Gasteiger partial charge < -0.3 is 14.7 Å². The van der Waals surface area contributed by atoms with Gasteiger partial charge in [-0.2, -0.15) is 0 Å². The summed E-state index contributed by atoms with van der Waals surface area (Å²) in [5, 5.41) is 11.5. The van der Waals surface area contributed by atoms with E-state index in [1.807, 2.05) is 35.2 Å². The zero-order valence-corrected chi connectivity index (χ0v) is 17.1. The molecule has 0 saturated carbocycles. The summed E-state index contributed by atoms with van der Waals surface area (Å²) in [6.07, 6.45) is 3.03. The number of amides is 1. The lowest BCUT2D eigenvalue weighted by Crippen LogP contribution is -2.38. The SMILES string of the molecule is O=C(O)c1csc(SCCN2C(=O)CC[C@@H]2COc2cccc3cccnc23)n1. The normalized spacial score (nSPS) is 16.5. The van der Waals surface area contributed by atoms with Crippen molar-refractivity contribution in [1.29, 1.82) is 0 Å². The minimum absolute atomic E-state index is 0.0212. The monoisotopic (exact) mass is 429 g/mol. The van der Waals surface area contributed by atoms with Crippen LogP contribution in [0.25, 0.3) is 10.9 Å². The Balaban J connectivity index is 1.34. The highest BCUT2D eigenvalue weighted by atomic mass is 32.2. The van der Waals surface area contributed by atoms with E-state index in [-0.39, 0.29) is 17.6 Å². The second-order valence-electron chi connectivity index (χ2n) is 6.57. The summed E-state index contributed by atoms with van der Waals surface area (Å²) < 4.78 is 6.74. The molecule has 0 radical (unpaired) electrons. The van der Waals surface area contributed by atoms with Crippen LogP contribution in [0.5, 0.6) is 5.75 Å². The third-order valence-corrected chi connectivity index (χ3v) is 6.74. The third-order valence-electron chi connectivity index (χ3n) is 4.74. The summed E-state index contributed by atoms with van der Waals surface area (Å²) in [5.74, 6) is 0.481. The molecule has 0 bridgehead atoms. The van der Waals surface area contributed by atoms with Gasteiger partial charge in [-0.25, -0.2) is 9.78 Å². The Labute approximate surface area is 175 Å². The molecule has 0 aliphatic carbocycles. The Morgan fingerprint density at radius 2 is 2.21 bits per heavy atom. The van der Waals surface area contributed by atoms with E-state index in [4.69, 9.17) is 9.84 Å². The first-order valence-corrected chi connectivity index (χ1v) is 11.1. The van der Waals surface area contributed by atoms with Crippen LogP contribution in [-0.2, 0) is 4.79 Å². The van der Waals surface area contributed by atoms with Crippen LogP contribution >= 0.6 is 23.1 Å². The first kappa shape index (κ1) is 19.7. The van der Waals surface area contributed by atoms with Gasteiger partial charge in [0, 0.05) is 35.7 Å². The summed E-state index contributed by atoms with van der Waals surface area (Å²) >= 11 is 2.77. The smallest absolute Gasteiger partial charge is 0.355 e. The number of thioether (sulfide) groups is 1. The molecule has 150 valence electrons. The molecule has 1 aliphatic rings. The van der Waals surface area contributed by atoms with Crippen molar-refractivity contribution in [2.75, 3.05) is 18.9 Å². The highest BCUT2D eigenvalue weighted by Gasteiger charge is 2.31. The third kappa shape index (κ3) is 4.51. The molecule has 2 aromatic heterocycles. The lowest BCUT2D eigenvalue weighted by atomic mass is 10.2. The molecule has 29 heavy (non-hydrogen) atoms. The van der Waals surface area contributed by atoms with Gasteiger partial charge in [-0.05, 0) is 18.6 Å². The van der Waals surface area contributed by atoms with Crippen LogP contribution in [0.3, 0.4) is 0 Å². The van der Waals surface area contributed by atoms with E-state index in [2.05, 4.69) is 9.97 Å².